The largest absolute Gasteiger partial charge is 0.444 e. The summed E-state index contributed by atoms with van der Waals surface area (Å²) < 4.78 is 6.61. The SMILES string of the molecule is CC(C)(C)OC(=O)N1CCCC[C@H]1C[C@@H](O)c1nc2ccccc2s1. The van der Waals surface area contributed by atoms with E-state index in [1.165, 1.54) is 11.3 Å². The fourth-order valence-electron chi connectivity index (χ4n) is 3.20. The van der Waals surface area contributed by atoms with Crippen LogP contribution in [0, 0.1) is 0 Å². The van der Waals surface area contributed by atoms with Crippen molar-refractivity contribution in [3.05, 3.63) is 29.3 Å². The van der Waals surface area contributed by atoms with Gasteiger partial charge in [-0.25, -0.2) is 9.78 Å². The number of carbonyl (C=O) groups excluding carboxylic acids is 1. The molecule has 0 unspecified atom stereocenters. The molecular formula is C19H26N2O3S. The second kappa shape index (κ2) is 7.30. The zero-order valence-electron chi connectivity index (χ0n) is 15.1. The lowest BCUT2D eigenvalue weighted by atomic mass is 9.97. The first-order valence-electron chi connectivity index (χ1n) is 8.86. The van der Waals surface area contributed by atoms with Crippen LogP contribution in [0.2, 0.25) is 0 Å². The van der Waals surface area contributed by atoms with Gasteiger partial charge in [0.25, 0.3) is 0 Å². The van der Waals surface area contributed by atoms with Crippen molar-refractivity contribution in [3.8, 4) is 0 Å². The van der Waals surface area contributed by atoms with Crippen LogP contribution in [0.3, 0.4) is 0 Å². The zero-order valence-corrected chi connectivity index (χ0v) is 15.9. The van der Waals surface area contributed by atoms with Gasteiger partial charge in [0.2, 0.25) is 0 Å². The second-order valence-corrected chi connectivity index (χ2v) is 8.66. The number of fused-ring (bicyclic) bond motifs is 1. The molecule has 1 saturated heterocycles. The molecule has 6 heteroatoms. The van der Waals surface area contributed by atoms with Crippen molar-refractivity contribution >= 4 is 27.6 Å². The molecule has 1 aliphatic heterocycles. The number of piperidine rings is 1. The molecule has 1 N–H and O–H groups in total. The van der Waals surface area contributed by atoms with Crippen LogP contribution in [0.1, 0.15) is 57.6 Å². The summed E-state index contributed by atoms with van der Waals surface area (Å²) in [6, 6.07) is 7.88. The van der Waals surface area contributed by atoms with Crippen LogP contribution in [-0.2, 0) is 4.74 Å². The fourth-order valence-corrected chi connectivity index (χ4v) is 4.16. The lowest BCUT2D eigenvalue weighted by Crippen LogP contribution is -2.46. The van der Waals surface area contributed by atoms with E-state index in [1.807, 2.05) is 45.0 Å². The van der Waals surface area contributed by atoms with Crippen LogP contribution >= 0.6 is 11.3 Å². The number of rotatable bonds is 3. The standard InChI is InChI=1S/C19H26N2O3S/c1-19(2,3)24-18(23)21-11-7-6-8-13(21)12-15(22)17-20-14-9-4-5-10-16(14)25-17/h4-5,9-10,13,15,22H,6-8,11-12H2,1-3H3/t13-,15+/m0/s1. The van der Waals surface area contributed by atoms with E-state index in [9.17, 15) is 9.90 Å². The molecule has 0 radical (unpaired) electrons. The maximum absolute atomic E-state index is 12.5. The quantitative estimate of drug-likeness (QED) is 0.872. The van der Waals surface area contributed by atoms with Crippen molar-refractivity contribution < 1.29 is 14.6 Å². The van der Waals surface area contributed by atoms with Crippen LogP contribution in [-0.4, -0.2) is 39.3 Å². The number of para-hydroxylation sites is 1. The van der Waals surface area contributed by atoms with Gasteiger partial charge in [0.15, 0.2) is 0 Å². The van der Waals surface area contributed by atoms with E-state index in [1.54, 1.807) is 4.90 Å². The Hall–Kier alpha value is -1.66. The predicted molar refractivity (Wildman–Crippen MR) is 99.8 cm³/mol. The molecule has 1 amide bonds. The van der Waals surface area contributed by atoms with Crippen molar-refractivity contribution in [2.24, 2.45) is 0 Å². The number of hydrogen-bond acceptors (Lipinski definition) is 5. The Morgan fingerprint density at radius 2 is 2.16 bits per heavy atom. The summed E-state index contributed by atoms with van der Waals surface area (Å²) in [4.78, 5) is 18.8. The van der Waals surface area contributed by atoms with Crippen LogP contribution in [0.4, 0.5) is 4.79 Å². The molecule has 25 heavy (non-hydrogen) atoms. The van der Waals surface area contributed by atoms with Gasteiger partial charge in [0, 0.05) is 19.0 Å². The third-order valence-corrected chi connectivity index (χ3v) is 5.48. The number of benzene rings is 1. The number of aromatic nitrogens is 1. The Morgan fingerprint density at radius 3 is 2.88 bits per heavy atom. The highest BCUT2D eigenvalue weighted by Gasteiger charge is 2.32. The van der Waals surface area contributed by atoms with Crippen molar-refractivity contribution in [3.63, 3.8) is 0 Å². The monoisotopic (exact) mass is 362 g/mol. The van der Waals surface area contributed by atoms with Gasteiger partial charge in [-0.2, -0.15) is 0 Å². The number of nitrogens with zero attached hydrogens (tertiary/aromatic N) is 2. The van der Waals surface area contributed by atoms with Crippen LogP contribution in [0.5, 0.6) is 0 Å². The molecule has 1 aliphatic rings. The average molecular weight is 362 g/mol. The van der Waals surface area contributed by atoms with Crippen LogP contribution in [0.15, 0.2) is 24.3 Å². The number of likely N-dealkylation sites (tertiary alicyclic amines) is 1. The fraction of sp³-hybridized carbons (Fsp3) is 0.579. The highest BCUT2D eigenvalue weighted by molar-refractivity contribution is 7.18. The molecule has 136 valence electrons. The Labute approximate surface area is 152 Å². The van der Waals surface area contributed by atoms with E-state index >= 15 is 0 Å². The molecule has 2 heterocycles. The number of thiazole rings is 1. The van der Waals surface area contributed by atoms with Gasteiger partial charge < -0.3 is 14.7 Å². The molecular weight excluding hydrogens is 336 g/mol. The zero-order chi connectivity index (χ0) is 18.0. The summed E-state index contributed by atoms with van der Waals surface area (Å²) in [6.07, 6.45) is 2.49. The molecule has 0 spiro atoms. The summed E-state index contributed by atoms with van der Waals surface area (Å²) >= 11 is 1.52. The molecule has 5 nitrogen and oxygen atoms in total. The van der Waals surface area contributed by atoms with Gasteiger partial charge in [0.05, 0.1) is 10.2 Å². The van der Waals surface area contributed by atoms with E-state index < -0.39 is 11.7 Å². The van der Waals surface area contributed by atoms with Crippen molar-refractivity contribution in [1.82, 2.24) is 9.88 Å². The molecule has 2 aromatic rings. The third-order valence-electron chi connectivity index (χ3n) is 4.35. The molecule has 1 aromatic carbocycles. The molecule has 0 saturated carbocycles. The molecule has 2 atom stereocenters. The lowest BCUT2D eigenvalue weighted by Gasteiger charge is -2.37. The van der Waals surface area contributed by atoms with Gasteiger partial charge in [-0.05, 0) is 52.2 Å². The minimum absolute atomic E-state index is 0.00869. The van der Waals surface area contributed by atoms with Gasteiger partial charge in [-0.3, -0.25) is 0 Å². The van der Waals surface area contributed by atoms with Crippen molar-refractivity contribution in [2.45, 2.75) is 64.2 Å². The van der Waals surface area contributed by atoms with E-state index in [4.69, 9.17) is 4.74 Å². The summed E-state index contributed by atoms with van der Waals surface area (Å²) in [5, 5.41) is 11.4. The van der Waals surface area contributed by atoms with E-state index in [2.05, 4.69) is 4.98 Å². The normalized spacial score (nSPS) is 19.8. The molecule has 1 aromatic heterocycles. The minimum atomic E-state index is -0.662. The van der Waals surface area contributed by atoms with Crippen LogP contribution in [0.25, 0.3) is 10.2 Å². The first kappa shape index (κ1) is 18.1. The second-order valence-electron chi connectivity index (χ2n) is 7.59. The molecule has 1 fully saturated rings. The van der Waals surface area contributed by atoms with Gasteiger partial charge in [-0.1, -0.05) is 12.1 Å². The number of amides is 1. The summed E-state index contributed by atoms with van der Waals surface area (Å²) in [6.45, 7) is 6.31. The summed E-state index contributed by atoms with van der Waals surface area (Å²) in [5.74, 6) is 0. The smallest absolute Gasteiger partial charge is 0.410 e. The van der Waals surface area contributed by atoms with E-state index in [0.717, 1.165) is 34.5 Å². The number of ether oxygens (including phenoxy) is 1. The Kier molecular flexibility index (Phi) is 5.29. The average Bonchev–Trinajstić information content (AvgIpc) is 2.98. The molecule has 0 aliphatic carbocycles. The van der Waals surface area contributed by atoms with Crippen LogP contribution < -0.4 is 0 Å². The van der Waals surface area contributed by atoms with Crippen molar-refractivity contribution in [2.75, 3.05) is 6.54 Å². The first-order valence-corrected chi connectivity index (χ1v) is 9.68. The lowest BCUT2D eigenvalue weighted by molar-refractivity contribution is 0.00236. The van der Waals surface area contributed by atoms with E-state index in [-0.39, 0.29) is 12.1 Å². The Morgan fingerprint density at radius 1 is 1.40 bits per heavy atom. The maximum atomic E-state index is 12.5. The highest BCUT2D eigenvalue weighted by Crippen LogP contribution is 2.32. The number of aliphatic hydroxyl groups is 1. The van der Waals surface area contributed by atoms with Crippen molar-refractivity contribution in [1.29, 1.82) is 0 Å². The number of hydrogen-bond donors (Lipinski definition) is 1. The van der Waals surface area contributed by atoms with Gasteiger partial charge in [-0.15, -0.1) is 11.3 Å². The van der Waals surface area contributed by atoms with Gasteiger partial charge in [0.1, 0.15) is 16.7 Å². The predicted octanol–water partition coefficient (Wildman–Crippen LogP) is 4.51. The maximum Gasteiger partial charge on any atom is 0.410 e. The number of aliphatic hydroxyl groups excluding tert-OH is 1. The Balaban J connectivity index is 1.71. The Bertz CT molecular complexity index is 705. The topological polar surface area (TPSA) is 62.7 Å². The minimum Gasteiger partial charge on any atom is -0.444 e. The summed E-state index contributed by atoms with van der Waals surface area (Å²) in [7, 11) is 0. The van der Waals surface area contributed by atoms with E-state index in [0.29, 0.717) is 13.0 Å². The molecule has 3 rings (SSSR count). The highest BCUT2D eigenvalue weighted by atomic mass is 32.1. The third kappa shape index (κ3) is 4.50. The molecule has 0 bridgehead atoms. The number of carbonyl (C=O) groups is 1. The van der Waals surface area contributed by atoms with Gasteiger partial charge >= 0.3 is 6.09 Å². The first-order chi connectivity index (χ1) is 11.8. The summed E-state index contributed by atoms with van der Waals surface area (Å²) in [5.41, 5.74) is 0.402.